The first-order valence-corrected chi connectivity index (χ1v) is 11.9. The van der Waals surface area contributed by atoms with Gasteiger partial charge >= 0.3 is 0 Å². The molecule has 4 aromatic rings. The van der Waals surface area contributed by atoms with Gasteiger partial charge in [-0.3, -0.25) is 9.89 Å². The summed E-state index contributed by atoms with van der Waals surface area (Å²) in [7, 11) is 0. The number of carbonyl (C=O) groups is 1. The van der Waals surface area contributed by atoms with Crippen molar-refractivity contribution in [3.8, 4) is 17.0 Å². The standard InChI is InChI=1S/C26H24ClFN6O2/c1-3-25(35)34-8-6-17(7-9-34)36-24-13-19-22(12-18(24)23-10-15(2)32-33-23)29-14-30-26(19)31-16-4-5-21(28)20(27)11-16/h3-5,10-14,17H,1,6-9H2,2H3,(H,32,33)(H,29,30,31). The fourth-order valence-electron chi connectivity index (χ4n) is 4.26. The van der Waals surface area contributed by atoms with Crippen LogP contribution in [0.2, 0.25) is 5.02 Å². The smallest absolute Gasteiger partial charge is 0.245 e. The zero-order valence-electron chi connectivity index (χ0n) is 19.6. The van der Waals surface area contributed by atoms with E-state index in [1.165, 1.54) is 24.5 Å². The van der Waals surface area contributed by atoms with Crippen molar-refractivity contribution < 1.29 is 13.9 Å². The summed E-state index contributed by atoms with van der Waals surface area (Å²) >= 11 is 5.95. The number of H-pyrrole nitrogens is 1. The fraction of sp³-hybridized carbons (Fsp3) is 0.231. The second-order valence-electron chi connectivity index (χ2n) is 8.61. The van der Waals surface area contributed by atoms with E-state index in [-0.39, 0.29) is 17.0 Å². The maximum atomic E-state index is 13.6. The van der Waals surface area contributed by atoms with Gasteiger partial charge in [-0.25, -0.2) is 14.4 Å². The quantitative estimate of drug-likeness (QED) is 0.339. The van der Waals surface area contributed by atoms with Crippen LogP contribution in [0.15, 0.2) is 55.4 Å². The largest absolute Gasteiger partial charge is 0.490 e. The Morgan fingerprint density at radius 1 is 1.25 bits per heavy atom. The van der Waals surface area contributed by atoms with Gasteiger partial charge in [0.05, 0.1) is 21.9 Å². The molecule has 2 N–H and O–H groups in total. The first-order chi connectivity index (χ1) is 17.4. The molecule has 2 aromatic carbocycles. The van der Waals surface area contributed by atoms with Crippen LogP contribution in [0.5, 0.6) is 5.75 Å². The van der Waals surface area contributed by atoms with E-state index < -0.39 is 5.82 Å². The van der Waals surface area contributed by atoms with Crippen LogP contribution >= 0.6 is 11.6 Å². The van der Waals surface area contributed by atoms with Gasteiger partial charge in [0.2, 0.25) is 5.91 Å². The van der Waals surface area contributed by atoms with Crippen LogP contribution < -0.4 is 10.1 Å². The summed E-state index contributed by atoms with van der Waals surface area (Å²) in [5.41, 5.74) is 3.77. The maximum absolute atomic E-state index is 13.6. The lowest BCUT2D eigenvalue weighted by Gasteiger charge is -2.32. The van der Waals surface area contributed by atoms with Gasteiger partial charge in [0, 0.05) is 42.6 Å². The highest BCUT2D eigenvalue weighted by molar-refractivity contribution is 6.31. The zero-order chi connectivity index (χ0) is 25.2. The van der Waals surface area contributed by atoms with Crippen molar-refractivity contribution in [1.29, 1.82) is 0 Å². The third kappa shape index (κ3) is 4.87. The monoisotopic (exact) mass is 506 g/mol. The maximum Gasteiger partial charge on any atom is 0.245 e. The highest BCUT2D eigenvalue weighted by atomic mass is 35.5. The molecule has 0 radical (unpaired) electrons. The third-order valence-electron chi connectivity index (χ3n) is 6.14. The molecule has 1 amide bonds. The van der Waals surface area contributed by atoms with E-state index in [1.807, 2.05) is 25.1 Å². The Bertz CT molecular complexity index is 1450. The number of rotatable bonds is 6. The molecule has 10 heteroatoms. The number of nitrogens with one attached hydrogen (secondary N) is 2. The van der Waals surface area contributed by atoms with E-state index in [1.54, 1.807) is 11.0 Å². The minimum Gasteiger partial charge on any atom is -0.490 e. The van der Waals surface area contributed by atoms with Gasteiger partial charge in [-0.2, -0.15) is 5.10 Å². The Hall–Kier alpha value is -3.98. The molecule has 5 rings (SSSR count). The second kappa shape index (κ2) is 9.94. The fourth-order valence-corrected chi connectivity index (χ4v) is 4.44. The number of carbonyl (C=O) groups excluding carboxylic acids is 1. The predicted molar refractivity (Wildman–Crippen MR) is 137 cm³/mol. The first kappa shape index (κ1) is 23.7. The summed E-state index contributed by atoms with van der Waals surface area (Å²) in [5, 5.41) is 11.3. The van der Waals surface area contributed by atoms with Crippen LogP contribution in [0.1, 0.15) is 18.5 Å². The predicted octanol–water partition coefficient (Wildman–Crippen LogP) is 5.42. The average Bonchev–Trinajstić information content (AvgIpc) is 3.32. The van der Waals surface area contributed by atoms with E-state index >= 15 is 0 Å². The van der Waals surface area contributed by atoms with Crippen LogP contribution in [0.4, 0.5) is 15.9 Å². The number of likely N-dealkylation sites (tertiary alicyclic amines) is 1. The average molecular weight is 507 g/mol. The molecule has 3 heterocycles. The van der Waals surface area contributed by atoms with Gasteiger partial charge in [0.1, 0.15) is 29.8 Å². The molecule has 2 aromatic heterocycles. The summed E-state index contributed by atoms with van der Waals surface area (Å²) in [4.78, 5) is 22.6. The molecule has 1 aliphatic rings. The van der Waals surface area contributed by atoms with Crippen molar-refractivity contribution in [2.75, 3.05) is 18.4 Å². The summed E-state index contributed by atoms with van der Waals surface area (Å²) in [6.07, 6.45) is 4.13. The highest BCUT2D eigenvalue weighted by Gasteiger charge is 2.24. The lowest BCUT2D eigenvalue weighted by atomic mass is 10.0. The molecule has 0 aliphatic carbocycles. The highest BCUT2D eigenvalue weighted by Crippen LogP contribution is 2.37. The number of amides is 1. The number of ether oxygens (including phenoxy) is 1. The van der Waals surface area contributed by atoms with Gasteiger partial charge < -0.3 is 15.0 Å². The van der Waals surface area contributed by atoms with Crippen LogP contribution in [0.25, 0.3) is 22.2 Å². The van der Waals surface area contributed by atoms with Crippen molar-refractivity contribution in [3.63, 3.8) is 0 Å². The number of nitrogens with zero attached hydrogens (tertiary/aromatic N) is 4. The molecule has 0 atom stereocenters. The minimum atomic E-state index is -0.495. The van der Waals surface area contributed by atoms with Crippen molar-refractivity contribution in [3.05, 3.63) is 71.9 Å². The molecule has 1 saturated heterocycles. The van der Waals surface area contributed by atoms with Gasteiger partial charge in [0.25, 0.3) is 0 Å². The number of benzene rings is 2. The normalized spacial score (nSPS) is 14.1. The summed E-state index contributed by atoms with van der Waals surface area (Å²) < 4.78 is 20.1. The molecule has 1 aliphatic heterocycles. The molecule has 0 unspecified atom stereocenters. The van der Waals surface area contributed by atoms with E-state index in [2.05, 4.69) is 32.1 Å². The SMILES string of the molecule is C=CC(=O)N1CCC(Oc2cc3c(Nc4ccc(F)c(Cl)c4)ncnc3cc2-c2cc(C)n[nH]2)CC1. The lowest BCUT2D eigenvalue weighted by Crippen LogP contribution is -2.41. The van der Waals surface area contributed by atoms with Crippen LogP contribution in [-0.2, 0) is 4.79 Å². The van der Waals surface area contributed by atoms with Crippen molar-refractivity contribution in [1.82, 2.24) is 25.1 Å². The van der Waals surface area contributed by atoms with Gasteiger partial charge in [-0.05, 0) is 49.4 Å². The van der Waals surface area contributed by atoms with Crippen LogP contribution in [-0.4, -0.2) is 50.2 Å². The summed E-state index contributed by atoms with van der Waals surface area (Å²) in [6, 6.07) is 10.2. The minimum absolute atomic E-state index is 0.0144. The number of piperidine rings is 1. The van der Waals surface area contributed by atoms with Crippen molar-refractivity contribution in [2.45, 2.75) is 25.9 Å². The Morgan fingerprint density at radius 3 is 2.75 bits per heavy atom. The van der Waals surface area contributed by atoms with Crippen molar-refractivity contribution >= 4 is 39.9 Å². The Kier molecular flexibility index (Phi) is 6.56. The van der Waals surface area contributed by atoms with Crippen LogP contribution in [0.3, 0.4) is 0 Å². The molecular formula is C26H24ClFN6O2. The topological polar surface area (TPSA) is 96.0 Å². The zero-order valence-corrected chi connectivity index (χ0v) is 20.3. The number of aromatic nitrogens is 4. The molecule has 0 spiro atoms. The molecular weight excluding hydrogens is 483 g/mol. The third-order valence-corrected chi connectivity index (χ3v) is 6.43. The molecule has 0 saturated carbocycles. The molecule has 8 nitrogen and oxygen atoms in total. The molecule has 184 valence electrons. The summed E-state index contributed by atoms with van der Waals surface area (Å²) in [6.45, 7) is 6.68. The lowest BCUT2D eigenvalue weighted by molar-refractivity contribution is -0.127. The summed E-state index contributed by atoms with van der Waals surface area (Å²) in [5.74, 6) is 0.619. The Balaban J connectivity index is 1.51. The van der Waals surface area contributed by atoms with E-state index in [4.69, 9.17) is 16.3 Å². The number of hydrogen-bond acceptors (Lipinski definition) is 6. The van der Waals surface area contributed by atoms with Gasteiger partial charge in [-0.15, -0.1) is 0 Å². The van der Waals surface area contributed by atoms with Gasteiger partial charge in [-0.1, -0.05) is 18.2 Å². The van der Waals surface area contributed by atoms with E-state index in [9.17, 15) is 9.18 Å². The molecule has 0 bridgehead atoms. The first-order valence-electron chi connectivity index (χ1n) is 11.5. The number of aryl methyl sites for hydroxylation is 1. The van der Waals surface area contributed by atoms with Gasteiger partial charge in [0.15, 0.2) is 0 Å². The number of aromatic amines is 1. The van der Waals surface area contributed by atoms with Crippen molar-refractivity contribution in [2.24, 2.45) is 0 Å². The number of fused-ring (bicyclic) bond motifs is 1. The number of hydrogen-bond donors (Lipinski definition) is 2. The Labute approximate surface area is 212 Å². The second-order valence-corrected chi connectivity index (χ2v) is 9.02. The van der Waals surface area contributed by atoms with Crippen LogP contribution in [0, 0.1) is 12.7 Å². The molecule has 1 fully saturated rings. The number of halogens is 2. The molecule has 36 heavy (non-hydrogen) atoms. The van der Waals surface area contributed by atoms with E-state index in [0.717, 1.165) is 22.3 Å². The van der Waals surface area contributed by atoms with E-state index in [0.29, 0.717) is 48.7 Å². The Morgan fingerprint density at radius 2 is 2.06 bits per heavy atom. The number of anilines is 2.